The van der Waals surface area contributed by atoms with E-state index in [1.807, 2.05) is 31.2 Å². The van der Waals surface area contributed by atoms with E-state index in [0.29, 0.717) is 23.5 Å². The third-order valence-electron chi connectivity index (χ3n) is 4.25. The highest BCUT2D eigenvalue weighted by atomic mass is 32.2. The number of nitrogens with zero attached hydrogens (tertiary/aromatic N) is 1. The predicted octanol–water partition coefficient (Wildman–Crippen LogP) is 3.44. The molecule has 1 N–H and O–H groups in total. The highest BCUT2D eigenvalue weighted by Crippen LogP contribution is 2.21. The quantitative estimate of drug-likeness (QED) is 0.749. The van der Waals surface area contributed by atoms with Crippen LogP contribution < -0.4 is 14.4 Å². The maximum absolute atomic E-state index is 12.6. The first-order chi connectivity index (χ1) is 12.7. The first-order valence-corrected chi connectivity index (χ1v) is 10.7. The maximum atomic E-state index is 12.6. The van der Waals surface area contributed by atoms with Gasteiger partial charge < -0.3 is 10.1 Å². The molecule has 146 valence electrons. The van der Waals surface area contributed by atoms with E-state index < -0.39 is 16.1 Å². The van der Waals surface area contributed by atoms with E-state index in [9.17, 15) is 13.2 Å². The summed E-state index contributed by atoms with van der Waals surface area (Å²) in [4.78, 5) is 12.6. The summed E-state index contributed by atoms with van der Waals surface area (Å²) >= 11 is 0. The van der Waals surface area contributed by atoms with Crippen molar-refractivity contribution in [3.8, 4) is 5.75 Å². The number of ether oxygens (including phenoxy) is 1. The van der Waals surface area contributed by atoms with Crippen LogP contribution in [-0.4, -0.2) is 33.7 Å². The number of amides is 1. The second-order valence-corrected chi connectivity index (χ2v) is 8.30. The maximum Gasteiger partial charge on any atom is 0.265 e. The minimum absolute atomic E-state index is 0.281. The van der Waals surface area contributed by atoms with Gasteiger partial charge >= 0.3 is 0 Å². The van der Waals surface area contributed by atoms with Crippen LogP contribution in [0.1, 0.15) is 25.8 Å². The Morgan fingerprint density at radius 1 is 1.15 bits per heavy atom. The first-order valence-electron chi connectivity index (χ1n) is 8.85. The zero-order valence-electron chi connectivity index (χ0n) is 16.1. The molecule has 0 heterocycles. The molecule has 1 amide bonds. The summed E-state index contributed by atoms with van der Waals surface area (Å²) in [5.74, 6) is 0.357. The van der Waals surface area contributed by atoms with Crippen molar-refractivity contribution in [1.82, 2.24) is 0 Å². The van der Waals surface area contributed by atoms with E-state index in [2.05, 4.69) is 12.2 Å². The van der Waals surface area contributed by atoms with E-state index in [4.69, 9.17) is 4.74 Å². The Labute approximate surface area is 161 Å². The van der Waals surface area contributed by atoms with Crippen LogP contribution in [0.3, 0.4) is 0 Å². The van der Waals surface area contributed by atoms with Crippen molar-refractivity contribution in [2.45, 2.75) is 32.8 Å². The van der Waals surface area contributed by atoms with Gasteiger partial charge in [0.25, 0.3) is 5.91 Å². The Balaban J connectivity index is 2.09. The van der Waals surface area contributed by atoms with Crippen LogP contribution in [-0.2, 0) is 21.2 Å². The normalized spacial score (nSPS) is 12.3. The lowest BCUT2D eigenvalue weighted by Crippen LogP contribution is -2.32. The highest BCUT2D eigenvalue weighted by molar-refractivity contribution is 7.92. The van der Waals surface area contributed by atoms with Gasteiger partial charge in [0.15, 0.2) is 6.10 Å². The van der Waals surface area contributed by atoms with Crippen LogP contribution in [0.4, 0.5) is 11.4 Å². The number of aryl methyl sites for hydroxylation is 1. The Morgan fingerprint density at radius 3 is 2.37 bits per heavy atom. The van der Waals surface area contributed by atoms with Crippen LogP contribution in [0.15, 0.2) is 48.5 Å². The molecule has 1 atom stereocenters. The number of anilines is 2. The molecule has 6 nitrogen and oxygen atoms in total. The van der Waals surface area contributed by atoms with Gasteiger partial charge in [0.1, 0.15) is 5.75 Å². The Morgan fingerprint density at radius 2 is 1.81 bits per heavy atom. The number of sulfonamides is 1. The van der Waals surface area contributed by atoms with E-state index in [-0.39, 0.29) is 5.91 Å². The summed E-state index contributed by atoms with van der Waals surface area (Å²) < 4.78 is 30.3. The van der Waals surface area contributed by atoms with Gasteiger partial charge in [0.05, 0.1) is 11.9 Å². The molecule has 0 aliphatic heterocycles. The molecular weight excluding hydrogens is 364 g/mol. The van der Waals surface area contributed by atoms with Gasteiger partial charge in [0.2, 0.25) is 10.0 Å². The molecule has 0 aliphatic carbocycles. The van der Waals surface area contributed by atoms with Crippen LogP contribution >= 0.6 is 0 Å². The molecule has 27 heavy (non-hydrogen) atoms. The van der Waals surface area contributed by atoms with Crippen molar-refractivity contribution in [2.24, 2.45) is 0 Å². The average molecular weight is 391 g/mol. The Kier molecular flexibility index (Phi) is 6.85. The lowest BCUT2D eigenvalue weighted by Gasteiger charge is -2.19. The number of benzene rings is 2. The number of hydrogen-bond donors (Lipinski definition) is 1. The molecule has 1 unspecified atom stereocenters. The van der Waals surface area contributed by atoms with Gasteiger partial charge in [-0.25, -0.2) is 8.42 Å². The van der Waals surface area contributed by atoms with E-state index in [1.165, 1.54) is 12.6 Å². The minimum Gasteiger partial charge on any atom is -0.481 e. The van der Waals surface area contributed by atoms with Crippen molar-refractivity contribution in [2.75, 3.05) is 22.9 Å². The monoisotopic (exact) mass is 390 g/mol. The summed E-state index contributed by atoms with van der Waals surface area (Å²) in [6.45, 7) is 3.95. The lowest BCUT2D eigenvalue weighted by atomic mass is 10.1. The summed E-state index contributed by atoms with van der Waals surface area (Å²) in [6, 6.07) is 14.3. The molecule has 0 aliphatic rings. The Hall–Kier alpha value is -2.54. The molecule has 0 radical (unpaired) electrons. The molecule has 0 bridgehead atoms. The molecule has 0 spiro atoms. The van der Waals surface area contributed by atoms with Gasteiger partial charge in [-0.1, -0.05) is 32.0 Å². The SMILES string of the molecule is CCc1ccc(OC(CC)C(=O)Nc2cccc(N(C)S(C)(=O)=O)c2)cc1. The number of hydrogen-bond acceptors (Lipinski definition) is 4. The molecule has 0 aromatic heterocycles. The summed E-state index contributed by atoms with van der Waals surface area (Å²) in [5.41, 5.74) is 2.18. The van der Waals surface area contributed by atoms with E-state index in [0.717, 1.165) is 17.0 Å². The molecule has 2 aromatic rings. The number of carbonyl (C=O) groups excluding carboxylic acids is 1. The van der Waals surface area contributed by atoms with Gasteiger partial charge in [-0.15, -0.1) is 0 Å². The average Bonchev–Trinajstić information content (AvgIpc) is 2.65. The Bertz CT molecular complexity index is 879. The first kappa shape index (κ1) is 20.8. The van der Waals surface area contributed by atoms with E-state index >= 15 is 0 Å². The smallest absolute Gasteiger partial charge is 0.265 e. The van der Waals surface area contributed by atoms with Crippen molar-refractivity contribution in [3.05, 3.63) is 54.1 Å². The third-order valence-corrected chi connectivity index (χ3v) is 5.45. The fourth-order valence-electron chi connectivity index (χ4n) is 2.48. The predicted molar refractivity (Wildman–Crippen MR) is 109 cm³/mol. The second kappa shape index (κ2) is 8.90. The zero-order chi connectivity index (χ0) is 20.0. The van der Waals surface area contributed by atoms with Gasteiger partial charge in [-0.3, -0.25) is 9.10 Å². The fraction of sp³-hybridized carbons (Fsp3) is 0.350. The summed E-state index contributed by atoms with van der Waals surface area (Å²) in [6.07, 6.45) is 1.93. The zero-order valence-corrected chi connectivity index (χ0v) is 16.9. The second-order valence-electron chi connectivity index (χ2n) is 6.28. The molecule has 7 heteroatoms. The summed E-state index contributed by atoms with van der Waals surface area (Å²) in [7, 11) is -1.91. The topological polar surface area (TPSA) is 75.7 Å². The molecule has 0 saturated carbocycles. The standard InChI is InChI=1S/C20H26N2O4S/c1-5-15-10-12-18(13-11-15)26-19(6-2)20(23)21-16-8-7-9-17(14-16)22(3)27(4,24)25/h7-14,19H,5-6H2,1-4H3,(H,21,23). The van der Waals surface area contributed by atoms with Crippen molar-refractivity contribution in [3.63, 3.8) is 0 Å². The third kappa shape index (κ3) is 5.72. The largest absolute Gasteiger partial charge is 0.481 e. The van der Waals surface area contributed by atoms with Gasteiger partial charge in [-0.05, 0) is 48.7 Å². The highest BCUT2D eigenvalue weighted by Gasteiger charge is 2.19. The van der Waals surface area contributed by atoms with Crippen LogP contribution in [0.2, 0.25) is 0 Å². The molecule has 2 aromatic carbocycles. The molecule has 2 rings (SSSR count). The number of nitrogens with one attached hydrogen (secondary N) is 1. The van der Waals surface area contributed by atoms with Crippen LogP contribution in [0.5, 0.6) is 5.75 Å². The van der Waals surface area contributed by atoms with Gasteiger partial charge in [0, 0.05) is 12.7 Å². The number of rotatable bonds is 8. The lowest BCUT2D eigenvalue weighted by molar-refractivity contribution is -0.122. The van der Waals surface area contributed by atoms with Crippen LogP contribution in [0.25, 0.3) is 0 Å². The van der Waals surface area contributed by atoms with Crippen molar-refractivity contribution in [1.29, 1.82) is 0 Å². The van der Waals surface area contributed by atoms with Crippen molar-refractivity contribution < 1.29 is 17.9 Å². The van der Waals surface area contributed by atoms with Gasteiger partial charge in [-0.2, -0.15) is 0 Å². The summed E-state index contributed by atoms with van der Waals surface area (Å²) in [5, 5.41) is 2.80. The molecular formula is C20H26N2O4S. The van der Waals surface area contributed by atoms with Crippen molar-refractivity contribution >= 4 is 27.3 Å². The van der Waals surface area contributed by atoms with E-state index in [1.54, 1.807) is 24.3 Å². The minimum atomic E-state index is -3.37. The molecule has 0 saturated heterocycles. The number of carbonyl (C=O) groups is 1. The molecule has 0 fully saturated rings. The fourth-order valence-corrected chi connectivity index (χ4v) is 2.98. The van der Waals surface area contributed by atoms with Crippen LogP contribution in [0, 0.1) is 0 Å².